The first-order valence-electron chi connectivity index (χ1n) is 5.43. The van der Waals surface area contributed by atoms with Crippen LogP contribution in [-0.2, 0) is 7.05 Å². The van der Waals surface area contributed by atoms with Crippen molar-refractivity contribution < 1.29 is 0 Å². The lowest BCUT2D eigenvalue weighted by Gasteiger charge is -2.01. The summed E-state index contributed by atoms with van der Waals surface area (Å²) in [4.78, 5) is 7.32. The summed E-state index contributed by atoms with van der Waals surface area (Å²) in [5.74, 6) is 0.868. The molecule has 0 fully saturated rings. The standard InChI is InChI=1S/C12H13N5/c1-13-12-6-11(17(2)16-12)8-3-4-9-10(5-8)15-7-14-9/h3-7H,1-2H3,(H,13,16)(H,14,15). The topological polar surface area (TPSA) is 58.5 Å². The fraction of sp³-hybridized carbons (Fsp3) is 0.167. The van der Waals surface area contributed by atoms with Gasteiger partial charge in [-0.3, -0.25) is 4.68 Å². The second kappa shape index (κ2) is 3.62. The Labute approximate surface area is 98.5 Å². The van der Waals surface area contributed by atoms with Gasteiger partial charge >= 0.3 is 0 Å². The molecule has 0 aliphatic rings. The molecule has 0 atom stereocenters. The van der Waals surface area contributed by atoms with Crippen molar-refractivity contribution in [1.82, 2.24) is 19.7 Å². The minimum atomic E-state index is 0.868. The number of benzene rings is 1. The average Bonchev–Trinajstić information content (AvgIpc) is 2.93. The number of aromatic amines is 1. The Bertz CT molecular complexity index is 664. The number of nitrogens with zero attached hydrogens (tertiary/aromatic N) is 3. The highest BCUT2D eigenvalue weighted by molar-refractivity contribution is 5.81. The zero-order chi connectivity index (χ0) is 11.8. The molecule has 0 radical (unpaired) electrons. The van der Waals surface area contributed by atoms with Gasteiger partial charge in [0.2, 0.25) is 0 Å². The van der Waals surface area contributed by atoms with Crippen LogP contribution < -0.4 is 5.32 Å². The summed E-state index contributed by atoms with van der Waals surface area (Å²) in [6.07, 6.45) is 1.71. The zero-order valence-corrected chi connectivity index (χ0v) is 9.73. The van der Waals surface area contributed by atoms with Gasteiger partial charge in [0, 0.05) is 25.7 Å². The highest BCUT2D eigenvalue weighted by atomic mass is 15.3. The summed E-state index contributed by atoms with van der Waals surface area (Å²) < 4.78 is 1.86. The first-order valence-corrected chi connectivity index (χ1v) is 5.43. The summed E-state index contributed by atoms with van der Waals surface area (Å²) >= 11 is 0. The van der Waals surface area contributed by atoms with E-state index in [-0.39, 0.29) is 0 Å². The maximum Gasteiger partial charge on any atom is 0.148 e. The number of anilines is 1. The molecule has 0 aliphatic carbocycles. The molecule has 86 valence electrons. The lowest BCUT2D eigenvalue weighted by Crippen LogP contribution is -1.94. The van der Waals surface area contributed by atoms with Crippen LogP contribution in [0.2, 0.25) is 0 Å². The summed E-state index contributed by atoms with van der Waals surface area (Å²) in [6.45, 7) is 0. The molecule has 5 nitrogen and oxygen atoms in total. The quantitative estimate of drug-likeness (QED) is 0.704. The Kier molecular flexibility index (Phi) is 2.11. The van der Waals surface area contributed by atoms with Crippen LogP contribution in [0.5, 0.6) is 0 Å². The van der Waals surface area contributed by atoms with E-state index in [1.165, 1.54) is 0 Å². The van der Waals surface area contributed by atoms with Gasteiger partial charge in [-0.1, -0.05) is 6.07 Å². The predicted octanol–water partition coefficient (Wildman–Crippen LogP) is 2.01. The molecule has 3 rings (SSSR count). The Balaban J connectivity index is 2.15. The van der Waals surface area contributed by atoms with E-state index in [0.29, 0.717) is 0 Å². The SMILES string of the molecule is CNc1cc(-c2ccc3nc[nH]c3c2)n(C)n1. The second-order valence-corrected chi connectivity index (χ2v) is 3.92. The van der Waals surface area contributed by atoms with Crippen LogP contribution in [0.1, 0.15) is 0 Å². The predicted molar refractivity (Wildman–Crippen MR) is 67.8 cm³/mol. The first kappa shape index (κ1) is 9.89. The number of nitrogens with one attached hydrogen (secondary N) is 2. The van der Waals surface area contributed by atoms with E-state index >= 15 is 0 Å². The number of imidazole rings is 1. The van der Waals surface area contributed by atoms with Crippen LogP contribution in [0.25, 0.3) is 22.3 Å². The van der Waals surface area contributed by atoms with E-state index in [9.17, 15) is 0 Å². The highest BCUT2D eigenvalue weighted by Crippen LogP contribution is 2.24. The van der Waals surface area contributed by atoms with Gasteiger partial charge in [-0.15, -0.1) is 0 Å². The monoisotopic (exact) mass is 227 g/mol. The van der Waals surface area contributed by atoms with Gasteiger partial charge in [0.05, 0.1) is 23.1 Å². The molecular formula is C12H13N5. The van der Waals surface area contributed by atoms with Gasteiger partial charge in [0.25, 0.3) is 0 Å². The maximum absolute atomic E-state index is 4.35. The second-order valence-electron chi connectivity index (χ2n) is 3.92. The minimum Gasteiger partial charge on any atom is -0.372 e. The Morgan fingerprint density at radius 3 is 2.94 bits per heavy atom. The molecule has 0 amide bonds. The fourth-order valence-corrected chi connectivity index (χ4v) is 1.95. The average molecular weight is 227 g/mol. The van der Waals surface area contributed by atoms with Crippen LogP contribution in [0, 0.1) is 0 Å². The lowest BCUT2D eigenvalue weighted by atomic mass is 10.1. The number of aromatic nitrogens is 4. The van der Waals surface area contributed by atoms with Crippen LogP contribution in [0.15, 0.2) is 30.6 Å². The van der Waals surface area contributed by atoms with Crippen molar-refractivity contribution in [3.8, 4) is 11.3 Å². The summed E-state index contributed by atoms with van der Waals surface area (Å²) in [6, 6.07) is 8.17. The molecule has 2 heterocycles. The molecule has 0 unspecified atom stereocenters. The van der Waals surface area contributed by atoms with Gasteiger partial charge in [0.15, 0.2) is 0 Å². The molecule has 0 bridgehead atoms. The molecule has 1 aromatic carbocycles. The minimum absolute atomic E-state index is 0.868. The van der Waals surface area contributed by atoms with Crippen molar-refractivity contribution in [3.05, 3.63) is 30.6 Å². The van der Waals surface area contributed by atoms with E-state index in [1.54, 1.807) is 6.33 Å². The van der Waals surface area contributed by atoms with Crippen molar-refractivity contribution in [1.29, 1.82) is 0 Å². The first-order chi connectivity index (χ1) is 8.28. The van der Waals surface area contributed by atoms with E-state index in [0.717, 1.165) is 28.1 Å². The zero-order valence-electron chi connectivity index (χ0n) is 9.73. The number of hydrogen-bond donors (Lipinski definition) is 2. The maximum atomic E-state index is 4.35. The lowest BCUT2D eigenvalue weighted by molar-refractivity contribution is 0.779. The van der Waals surface area contributed by atoms with Crippen LogP contribution in [0.4, 0.5) is 5.82 Å². The number of hydrogen-bond acceptors (Lipinski definition) is 3. The molecule has 0 saturated carbocycles. The van der Waals surface area contributed by atoms with Crippen molar-refractivity contribution in [2.75, 3.05) is 12.4 Å². The van der Waals surface area contributed by atoms with E-state index < -0.39 is 0 Å². The molecule has 3 aromatic rings. The van der Waals surface area contributed by atoms with E-state index in [1.807, 2.05) is 30.9 Å². The summed E-state index contributed by atoms with van der Waals surface area (Å²) in [5.41, 5.74) is 4.21. The third-order valence-corrected chi connectivity index (χ3v) is 2.85. The highest BCUT2D eigenvalue weighted by Gasteiger charge is 2.07. The van der Waals surface area contributed by atoms with Crippen molar-refractivity contribution >= 4 is 16.9 Å². The smallest absolute Gasteiger partial charge is 0.148 e. The number of fused-ring (bicyclic) bond motifs is 1. The summed E-state index contributed by atoms with van der Waals surface area (Å²) in [7, 11) is 3.80. The van der Waals surface area contributed by atoms with E-state index in [4.69, 9.17) is 0 Å². The van der Waals surface area contributed by atoms with Gasteiger partial charge in [-0.05, 0) is 12.1 Å². The van der Waals surface area contributed by atoms with Crippen LogP contribution in [-0.4, -0.2) is 26.8 Å². The van der Waals surface area contributed by atoms with Crippen LogP contribution >= 0.6 is 0 Å². The van der Waals surface area contributed by atoms with Crippen molar-refractivity contribution in [2.24, 2.45) is 7.05 Å². The van der Waals surface area contributed by atoms with Gasteiger partial charge in [-0.25, -0.2) is 4.98 Å². The number of H-pyrrole nitrogens is 1. The molecule has 0 saturated heterocycles. The Morgan fingerprint density at radius 1 is 1.29 bits per heavy atom. The molecule has 2 aromatic heterocycles. The number of aryl methyl sites for hydroxylation is 1. The van der Waals surface area contributed by atoms with Crippen molar-refractivity contribution in [3.63, 3.8) is 0 Å². The molecule has 5 heteroatoms. The van der Waals surface area contributed by atoms with Crippen LogP contribution in [0.3, 0.4) is 0 Å². The molecule has 0 spiro atoms. The molecular weight excluding hydrogens is 214 g/mol. The van der Waals surface area contributed by atoms with Gasteiger partial charge in [0.1, 0.15) is 5.82 Å². The largest absolute Gasteiger partial charge is 0.372 e. The summed E-state index contributed by atoms with van der Waals surface area (Å²) in [5, 5.41) is 7.39. The van der Waals surface area contributed by atoms with Crippen molar-refractivity contribution in [2.45, 2.75) is 0 Å². The molecule has 2 N–H and O–H groups in total. The normalized spacial score (nSPS) is 10.9. The number of rotatable bonds is 2. The van der Waals surface area contributed by atoms with Gasteiger partial charge in [-0.2, -0.15) is 5.10 Å². The molecule has 0 aliphatic heterocycles. The van der Waals surface area contributed by atoms with Gasteiger partial charge < -0.3 is 10.3 Å². The third-order valence-electron chi connectivity index (χ3n) is 2.85. The molecule has 17 heavy (non-hydrogen) atoms. The third kappa shape index (κ3) is 1.56. The Morgan fingerprint density at radius 2 is 2.18 bits per heavy atom. The fourth-order valence-electron chi connectivity index (χ4n) is 1.95. The Hall–Kier alpha value is -2.30. The van der Waals surface area contributed by atoms with E-state index in [2.05, 4.69) is 32.5 Å².